The largest absolute Gasteiger partial charge is 0.387 e. The van der Waals surface area contributed by atoms with E-state index in [1.165, 1.54) is 6.07 Å². The SMILES string of the molecule is N=C(N)C1CCN(Cc2c(F)cccc2Cl)CC1. The highest BCUT2D eigenvalue weighted by molar-refractivity contribution is 6.31. The second-order valence-corrected chi connectivity index (χ2v) is 5.11. The molecule has 0 aromatic heterocycles. The van der Waals surface area contributed by atoms with Crippen LogP contribution in [0.15, 0.2) is 18.2 Å². The van der Waals surface area contributed by atoms with Crippen LogP contribution in [0.1, 0.15) is 18.4 Å². The molecule has 1 aliphatic heterocycles. The molecule has 0 aliphatic carbocycles. The number of nitrogens with zero attached hydrogens (tertiary/aromatic N) is 1. The molecule has 0 bridgehead atoms. The molecule has 1 aromatic rings. The van der Waals surface area contributed by atoms with Crippen molar-refractivity contribution in [2.45, 2.75) is 19.4 Å². The Morgan fingerprint density at radius 3 is 2.67 bits per heavy atom. The van der Waals surface area contributed by atoms with Crippen LogP contribution in [0.5, 0.6) is 0 Å². The second kappa shape index (κ2) is 5.67. The van der Waals surface area contributed by atoms with Crippen LogP contribution in [0.4, 0.5) is 4.39 Å². The van der Waals surface area contributed by atoms with Crippen molar-refractivity contribution in [1.29, 1.82) is 5.41 Å². The van der Waals surface area contributed by atoms with Crippen molar-refractivity contribution in [2.75, 3.05) is 13.1 Å². The number of hydrogen-bond donors (Lipinski definition) is 2. The number of nitrogens with one attached hydrogen (secondary N) is 1. The topological polar surface area (TPSA) is 53.1 Å². The van der Waals surface area contributed by atoms with Crippen LogP contribution in [0, 0.1) is 17.1 Å². The molecule has 1 aromatic carbocycles. The van der Waals surface area contributed by atoms with Gasteiger partial charge in [-0.3, -0.25) is 10.3 Å². The molecule has 3 nitrogen and oxygen atoms in total. The van der Waals surface area contributed by atoms with Crippen LogP contribution in [0.3, 0.4) is 0 Å². The highest BCUT2D eigenvalue weighted by Crippen LogP contribution is 2.24. The van der Waals surface area contributed by atoms with E-state index in [0.29, 0.717) is 17.1 Å². The predicted molar refractivity (Wildman–Crippen MR) is 71.3 cm³/mol. The Labute approximate surface area is 111 Å². The van der Waals surface area contributed by atoms with Gasteiger partial charge in [0.25, 0.3) is 0 Å². The van der Waals surface area contributed by atoms with Crippen LogP contribution in [-0.2, 0) is 6.54 Å². The number of halogens is 2. The Kier molecular flexibility index (Phi) is 4.19. The predicted octanol–water partition coefficient (Wildman–Crippen LogP) is 2.63. The molecule has 1 saturated heterocycles. The van der Waals surface area contributed by atoms with Gasteiger partial charge < -0.3 is 5.73 Å². The third kappa shape index (κ3) is 3.00. The van der Waals surface area contributed by atoms with E-state index < -0.39 is 0 Å². The molecule has 2 rings (SSSR count). The van der Waals surface area contributed by atoms with E-state index in [1.807, 2.05) is 0 Å². The molecule has 0 amide bonds. The van der Waals surface area contributed by atoms with Gasteiger partial charge in [-0.25, -0.2) is 4.39 Å². The van der Waals surface area contributed by atoms with E-state index in [4.69, 9.17) is 22.7 Å². The first-order valence-electron chi connectivity index (χ1n) is 6.07. The van der Waals surface area contributed by atoms with E-state index in [-0.39, 0.29) is 17.6 Å². The van der Waals surface area contributed by atoms with Crippen molar-refractivity contribution < 1.29 is 4.39 Å². The molecule has 98 valence electrons. The van der Waals surface area contributed by atoms with Gasteiger partial charge in [-0.15, -0.1) is 0 Å². The Hall–Kier alpha value is -1.13. The summed E-state index contributed by atoms with van der Waals surface area (Å²) in [5.41, 5.74) is 6.05. The molecule has 5 heteroatoms. The van der Waals surface area contributed by atoms with E-state index in [9.17, 15) is 4.39 Å². The zero-order chi connectivity index (χ0) is 13.1. The summed E-state index contributed by atoms with van der Waals surface area (Å²) in [7, 11) is 0. The third-order valence-corrected chi connectivity index (χ3v) is 3.82. The average Bonchev–Trinajstić information content (AvgIpc) is 2.34. The third-order valence-electron chi connectivity index (χ3n) is 3.47. The summed E-state index contributed by atoms with van der Waals surface area (Å²) < 4.78 is 13.6. The molecular formula is C13H17ClFN3. The number of hydrogen-bond acceptors (Lipinski definition) is 2. The van der Waals surface area contributed by atoms with Crippen LogP contribution in [-0.4, -0.2) is 23.8 Å². The molecule has 3 N–H and O–H groups in total. The summed E-state index contributed by atoms with van der Waals surface area (Å²) in [6.07, 6.45) is 1.73. The molecule has 0 atom stereocenters. The van der Waals surface area contributed by atoms with E-state index in [0.717, 1.165) is 25.9 Å². The second-order valence-electron chi connectivity index (χ2n) is 4.71. The fourth-order valence-corrected chi connectivity index (χ4v) is 2.53. The fourth-order valence-electron chi connectivity index (χ4n) is 2.31. The molecular weight excluding hydrogens is 253 g/mol. The number of likely N-dealkylation sites (tertiary alicyclic amines) is 1. The van der Waals surface area contributed by atoms with Crippen LogP contribution >= 0.6 is 11.6 Å². The number of amidine groups is 1. The number of rotatable bonds is 3. The lowest BCUT2D eigenvalue weighted by Crippen LogP contribution is -2.38. The van der Waals surface area contributed by atoms with Gasteiger partial charge in [0, 0.05) is 23.0 Å². The molecule has 0 radical (unpaired) electrons. The number of benzene rings is 1. The van der Waals surface area contributed by atoms with Crippen molar-refractivity contribution in [3.05, 3.63) is 34.6 Å². The molecule has 1 heterocycles. The van der Waals surface area contributed by atoms with Crippen molar-refractivity contribution in [3.63, 3.8) is 0 Å². The summed E-state index contributed by atoms with van der Waals surface area (Å²) in [6, 6.07) is 4.76. The normalized spacial score (nSPS) is 17.9. The average molecular weight is 270 g/mol. The van der Waals surface area contributed by atoms with Gasteiger partial charge in [-0.2, -0.15) is 0 Å². The standard InChI is InChI=1S/C13H17ClFN3/c14-11-2-1-3-12(15)10(11)8-18-6-4-9(5-7-18)13(16)17/h1-3,9H,4-8H2,(H3,16,17). The van der Waals surface area contributed by atoms with Gasteiger partial charge >= 0.3 is 0 Å². The quantitative estimate of drug-likeness (QED) is 0.655. The van der Waals surface area contributed by atoms with Crippen molar-refractivity contribution >= 4 is 17.4 Å². The van der Waals surface area contributed by atoms with E-state index in [1.54, 1.807) is 12.1 Å². The lowest BCUT2D eigenvalue weighted by molar-refractivity contribution is 0.199. The first kappa shape index (κ1) is 13.3. The Morgan fingerprint density at radius 1 is 1.44 bits per heavy atom. The first-order chi connectivity index (χ1) is 8.58. The summed E-state index contributed by atoms with van der Waals surface area (Å²) >= 11 is 6.01. The van der Waals surface area contributed by atoms with Crippen molar-refractivity contribution in [3.8, 4) is 0 Å². The van der Waals surface area contributed by atoms with Crippen molar-refractivity contribution in [1.82, 2.24) is 4.90 Å². The lowest BCUT2D eigenvalue weighted by atomic mass is 9.95. The number of nitrogens with two attached hydrogens (primary N) is 1. The van der Waals surface area contributed by atoms with E-state index >= 15 is 0 Å². The highest BCUT2D eigenvalue weighted by Gasteiger charge is 2.22. The maximum atomic E-state index is 13.6. The molecule has 1 fully saturated rings. The maximum Gasteiger partial charge on any atom is 0.129 e. The molecule has 0 spiro atoms. The first-order valence-corrected chi connectivity index (χ1v) is 6.45. The number of piperidine rings is 1. The minimum Gasteiger partial charge on any atom is -0.387 e. The van der Waals surface area contributed by atoms with E-state index in [2.05, 4.69) is 4.90 Å². The lowest BCUT2D eigenvalue weighted by Gasteiger charge is -2.31. The molecule has 1 aliphatic rings. The van der Waals surface area contributed by atoms with Crippen LogP contribution in [0.25, 0.3) is 0 Å². The Morgan fingerprint density at radius 2 is 2.11 bits per heavy atom. The molecule has 18 heavy (non-hydrogen) atoms. The summed E-state index contributed by atoms with van der Waals surface area (Å²) in [6.45, 7) is 2.18. The van der Waals surface area contributed by atoms with Gasteiger partial charge in [0.2, 0.25) is 0 Å². The van der Waals surface area contributed by atoms with Crippen molar-refractivity contribution in [2.24, 2.45) is 11.7 Å². The maximum absolute atomic E-state index is 13.6. The van der Waals surface area contributed by atoms with Gasteiger partial charge in [0.15, 0.2) is 0 Å². The van der Waals surface area contributed by atoms with Gasteiger partial charge in [-0.1, -0.05) is 17.7 Å². The minimum absolute atomic E-state index is 0.178. The summed E-state index contributed by atoms with van der Waals surface area (Å²) in [4.78, 5) is 2.16. The van der Waals surface area contributed by atoms with Crippen LogP contribution < -0.4 is 5.73 Å². The Bertz CT molecular complexity index is 422. The molecule has 0 unspecified atom stereocenters. The molecule has 0 saturated carbocycles. The fraction of sp³-hybridized carbons (Fsp3) is 0.462. The minimum atomic E-state index is -0.254. The van der Waals surface area contributed by atoms with Gasteiger partial charge in [-0.05, 0) is 38.1 Å². The van der Waals surface area contributed by atoms with Crippen LogP contribution in [0.2, 0.25) is 5.02 Å². The smallest absolute Gasteiger partial charge is 0.129 e. The highest BCUT2D eigenvalue weighted by atomic mass is 35.5. The monoisotopic (exact) mass is 269 g/mol. The summed E-state index contributed by atoms with van der Waals surface area (Å²) in [5.74, 6) is 0.187. The summed E-state index contributed by atoms with van der Waals surface area (Å²) in [5, 5.41) is 7.90. The Balaban J connectivity index is 1.98. The van der Waals surface area contributed by atoms with Gasteiger partial charge in [0.1, 0.15) is 5.82 Å². The zero-order valence-corrected chi connectivity index (χ0v) is 10.9. The zero-order valence-electron chi connectivity index (χ0n) is 10.1. The van der Waals surface area contributed by atoms with Gasteiger partial charge in [0.05, 0.1) is 5.84 Å².